The predicted molar refractivity (Wildman–Crippen MR) is 72.8 cm³/mol. The van der Waals surface area contributed by atoms with Crippen LogP contribution in [0.1, 0.15) is 16.1 Å². The van der Waals surface area contributed by atoms with E-state index in [-0.39, 0.29) is 27.4 Å². The third-order valence-electron chi connectivity index (χ3n) is 2.26. The predicted octanol–water partition coefficient (Wildman–Crippen LogP) is 3.05. The number of phenols is 1. The standard InChI is InChI=1S/C12H9Cl2N3O2/c1-6-4-10(14)16-12(15-6)17-11(19)7-2-3-9(18)8(13)5-7/h2-5,18H,1H3,(H,15,16,17,19). The van der Waals surface area contributed by atoms with Gasteiger partial charge in [0.05, 0.1) is 5.02 Å². The average Bonchev–Trinajstić information content (AvgIpc) is 2.31. The molecule has 0 aliphatic heterocycles. The summed E-state index contributed by atoms with van der Waals surface area (Å²) in [6.45, 7) is 1.74. The number of anilines is 1. The second kappa shape index (κ2) is 5.42. The molecule has 2 N–H and O–H groups in total. The molecule has 2 rings (SSSR count). The highest BCUT2D eigenvalue weighted by molar-refractivity contribution is 6.32. The molecule has 0 aliphatic carbocycles. The minimum Gasteiger partial charge on any atom is -0.506 e. The van der Waals surface area contributed by atoms with Crippen LogP contribution >= 0.6 is 23.2 Å². The number of hydrogen-bond acceptors (Lipinski definition) is 4. The quantitative estimate of drug-likeness (QED) is 0.836. The van der Waals surface area contributed by atoms with Gasteiger partial charge in [0.25, 0.3) is 5.91 Å². The molecule has 1 aromatic carbocycles. The van der Waals surface area contributed by atoms with E-state index >= 15 is 0 Å². The molecule has 0 fully saturated rings. The molecule has 5 nitrogen and oxygen atoms in total. The summed E-state index contributed by atoms with van der Waals surface area (Å²) in [6.07, 6.45) is 0. The van der Waals surface area contributed by atoms with Crippen LogP contribution in [-0.4, -0.2) is 21.0 Å². The largest absolute Gasteiger partial charge is 0.506 e. The van der Waals surface area contributed by atoms with Gasteiger partial charge in [-0.15, -0.1) is 0 Å². The summed E-state index contributed by atoms with van der Waals surface area (Å²) < 4.78 is 0. The van der Waals surface area contributed by atoms with Gasteiger partial charge in [-0.2, -0.15) is 0 Å². The highest BCUT2D eigenvalue weighted by atomic mass is 35.5. The lowest BCUT2D eigenvalue weighted by molar-refractivity contribution is 0.102. The highest BCUT2D eigenvalue weighted by Gasteiger charge is 2.10. The van der Waals surface area contributed by atoms with Gasteiger partial charge in [0.2, 0.25) is 5.95 Å². The van der Waals surface area contributed by atoms with Gasteiger partial charge >= 0.3 is 0 Å². The van der Waals surface area contributed by atoms with Gasteiger partial charge in [-0.05, 0) is 31.2 Å². The topological polar surface area (TPSA) is 75.1 Å². The number of carbonyl (C=O) groups is 1. The van der Waals surface area contributed by atoms with Gasteiger partial charge in [-0.3, -0.25) is 10.1 Å². The van der Waals surface area contributed by atoms with E-state index in [1.165, 1.54) is 18.2 Å². The normalized spacial score (nSPS) is 10.3. The minimum absolute atomic E-state index is 0.0898. The maximum Gasteiger partial charge on any atom is 0.258 e. The van der Waals surface area contributed by atoms with Gasteiger partial charge < -0.3 is 5.11 Å². The molecular formula is C12H9Cl2N3O2. The van der Waals surface area contributed by atoms with Crippen LogP contribution in [0.4, 0.5) is 5.95 Å². The fraction of sp³-hybridized carbons (Fsp3) is 0.0833. The molecule has 0 radical (unpaired) electrons. The SMILES string of the molecule is Cc1cc(Cl)nc(NC(=O)c2ccc(O)c(Cl)c2)n1. The molecule has 7 heteroatoms. The van der Waals surface area contributed by atoms with Crippen LogP contribution in [0.25, 0.3) is 0 Å². The number of phenolic OH excluding ortho intramolecular Hbond substituents is 1. The van der Waals surface area contributed by atoms with Crippen LogP contribution in [0.15, 0.2) is 24.3 Å². The third-order valence-corrected chi connectivity index (χ3v) is 2.75. The first-order valence-electron chi connectivity index (χ1n) is 5.27. The lowest BCUT2D eigenvalue weighted by Gasteiger charge is -2.05. The Hall–Kier alpha value is -1.85. The number of rotatable bonds is 2. The number of amides is 1. The lowest BCUT2D eigenvalue weighted by Crippen LogP contribution is -2.14. The Bertz CT molecular complexity index is 627. The number of aromatic nitrogens is 2. The number of nitrogens with zero attached hydrogens (tertiary/aromatic N) is 2. The van der Waals surface area contributed by atoms with E-state index in [2.05, 4.69) is 15.3 Å². The van der Waals surface area contributed by atoms with Crippen molar-refractivity contribution in [2.75, 3.05) is 5.32 Å². The summed E-state index contributed by atoms with van der Waals surface area (Å²) >= 11 is 11.5. The van der Waals surface area contributed by atoms with Gasteiger partial charge in [0.15, 0.2) is 0 Å². The van der Waals surface area contributed by atoms with E-state index in [1.807, 2.05) is 0 Å². The van der Waals surface area contributed by atoms with Crippen molar-refractivity contribution in [1.29, 1.82) is 0 Å². The molecule has 0 unspecified atom stereocenters. The maximum atomic E-state index is 11.9. The molecule has 0 saturated carbocycles. The first-order chi connectivity index (χ1) is 8.95. The molecular weight excluding hydrogens is 289 g/mol. The molecule has 1 amide bonds. The first-order valence-corrected chi connectivity index (χ1v) is 6.02. The van der Waals surface area contributed by atoms with Crippen molar-refractivity contribution in [2.45, 2.75) is 6.92 Å². The molecule has 19 heavy (non-hydrogen) atoms. The molecule has 2 aromatic rings. The van der Waals surface area contributed by atoms with Crippen molar-refractivity contribution in [3.8, 4) is 5.75 Å². The second-order valence-corrected chi connectivity index (χ2v) is 4.57. The van der Waals surface area contributed by atoms with Crippen LogP contribution < -0.4 is 5.32 Å². The van der Waals surface area contributed by atoms with E-state index in [1.54, 1.807) is 13.0 Å². The minimum atomic E-state index is -0.441. The molecule has 1 aromatic heterocycles. The smallest absolute Gasteiger partial charge is 0.258 e. The Morgan fingerprint density at radius 2 is 2.00 bits per heavy atom. The van der Waals surface area contributed by atoms with E-state index in [0.717, 1.165) is 0 Å². The fourth-order valence-corrected chi connectivity index (χ4v) is 1.83. The highest BCUT2D eigenvalue weighted by Crippen LogP contribution is 2.24. The summed E-state index contributed by atoms with van der Waals surface area (Å²) in [5, 5.41) is 12.1. The van der Waals surface area contributed by atoms with Crippen molar-refractivity contribution in [1.82, 2.24) is 9.97 Å². The van der Waals surface area contributed by atoms with E-state index in [4.69, 9.17) is 23.2 Å². The molecule has 0 bridgehead atoms. The van der Waals surface area contributed by atoms with Crippen molar-refractivity contribution < 1.29 is 9.90 Å². The molecule has 0 atom stereocenters. The van der Waals surface area contributed by atoms with Crippen molar-refractivity contribution in [3.63, 3.8) is 0 Å². The van der Waals surface area contributed by atoms with Crippen molar-refractivity contribution in [2.24, 2.45) is 0 Å². The van der Waals surface area contributed by atoms with E-state index < -0.39 is 5.91 Å². The molecule has 0 saturated heterocycles. The first kappa shape index (κ1) is 13.6. The van der Waals surface area contributed by atoms with Crippen molar-refractivity contribution in [3.05, 3.63) is 45.7 Å². The van der Waals surface area contributed by atoms with Crippen LogP contribution in [-0.2, 0) is 0 Å². The average molecular weight is 298 g/mol. The number of carbonyl (C=O) groups excluding carboxylic acids is 1. The third kappa shape index (κ3) is 3.33. The summed E-state index contributed by atoms with van der Waals surface area (Å²) in [5.41, 5.74) is 0.920. The van der Waals surface area contributed by atoms with E-state index in [9.17, 15) is 9.90 Å². The zero-order valence-corrected chi connectivity index (χ0v) is 11.3. The number of halogens is 2. The Kier molecular flexibility index (Phi) is 3.87. The second-order valence-electron chi connectivity index (χ2n) is 3.78. The Balaban J connectivity index is 2.22. The summed E-state index contributed by atoms with van der Waals surface area (Å²) in [4.78, 5) is 19.8. The summed E-state index contributed by atoms with van der Waals surface area (Å²) in [6, 6.07) is 5.70. The maximum absolute atomic E-state index is 11.9. The van der Waals surface area contributed by atoms with E-state index in [0.29, 0.717) is 5.69 Å². The Morgan fingerprint density at radius 3 is 2.63 bits per heavy atom. The van der Waals surface area contributed by atoms with Gasteiger partial charge in [-0.1, -0.05) is 23.2 Å². The fourth-order valence-electron chi connectivity index (χ4n) is 1.41. The van der Waals surface area contributed by atoms with Crippen LogP contribution in [0, 0.1) is 6.92 Å². The molecule has 98 valence electrons. The monoisotopic (exact) mass is 297 g/mol. The number of benzene rings is 1. The zero-order chi connectivity index (χ0) is 14.0. The Labute approximate surface area is 119 Å². The van der Waals surface area contributed by atoms with Gasteiger partial charge in [0.1, 0.15) is 10.9 Å². The lowest BCUT2D eigenvalue weighted by atomic mass is 10.2. The van der Waals surface area contributed by atoms with Crippen LogP contribution in [0.5, 0.6) is 5.75 Å². The Morgan fingerprint density at radius 1 is 1.26 bits per heavy atom. The van der Waals surface area contributed by atoms with Crippen molar-refractivity contribution >= 4 is 35.1 Å². The number of nitrogens with one attached hydrogen (secondary N) is 1. The molecule has 1 heterocycles. The summed E-state index contributed by atoms with van der Waals surface area (Å²) in [7, 11) is 0. The zero-order valence-electron chi connectivity index (χ0n) is 9.82. The number of hydrogen-bond donors (Lipinski definition) is 2. The van der Waals surface area contributed by atoms with Crippen LogP contribution in [0.3, 0.4) is 0 Å². The van der Waals surface area contributed by atoms with Crippen LogP contribution in [0.2, 0.25) is 10.2 Å². The number of aromatic hydroxyl groups is 1. The summed E-state index contributed by atoms with van der Waals surface area (Å²) in [5.74, 6) is -0.421. The number of aryl methyl sites for hydroxylation is 1. The van der Waals surface area contributed by atoms with Gasteiger partial charge in [-0.25, -0.2) is 9.97 Å². The molecule has 0 aliphatic rings. The molecule has 0 spiro atoms. The van der Waals surface area contributed by atoms with Gasteiger partial charge in [0, 0.05) is 11.3 Å².